The molecule has 0 aromatic heterocycles. The average molecular weight is 330 g/mol. The summed E-state index contributed by atoms with van der Waals surface area (Å²) >= 11 is 0. The van der Waals surface area contributed by atoms with Gasteiger partial charge in [0.1, 0.15) is 6.61 Å². The molecule has 1 aromatic rings. The van der Waals surface area contributed by atoms with Gasteiger partial charge in [0.05, 0.1) is 18.1 Å². The van der Waals surface area contributed by atoms with Gasteiger partial charge in [-0.15, -0.1) is 0 Å². The minimum absolute atomic E-state index is 0.0823. The van der Waals surface area contributed by atoms with Crippen molar-refractivity contribution in [1.82, 2.24) is 0 Å². The second-order valence-electron chi connectivity index (χ2n) is 4.65. The number of unbranched alkanes of at least 4 members (excludes halogenated alkanes) is 1. The summed E-state index contributed by atoms with van der Waals surface area (Å²) in [6.45, 7) is 4.28. The number of hydrogen-bond acceptors (Lipinski definition) is 6. The van der Waals surface area contributed by atoms with Crippen molar-refractivity contribution in [2.75, 3.05) is 26.4 Å². The summed E-state index contributed by atoms with van der Waals surface area (Å²) in [6.07, 6.45) is 1.12. The highest BCUT2D eigenvalue weighted by atomic mass is 32.2. The molecule has 0 heterocycles. The molecular formula is C15H22O6S. The van der Waals surface area contributed by atoms with Crippen molar-refractivity contribution in [1.29, 1.82) is 0 Å². The molecule has 124 valence electrons. The summed E-state index contributed by atoms with van der Waals surface area (Å²) in [7, 11) is -3.71. The number of aryl methyl sites for hydroxylation is 1. The third kappa shape index (κ3) is 7.02. The molecule has 0 radical (unpaired) electrons. The van der Waals surface area contributed by atoms with Crippen LogP contribution in [0.15, 0.2) is 29.2 Å². The number of rotatable bonds is 10. The van der Waals surface area contributed by atoms with E-state index in [9.17, 15) is 13.2 Å². The van der Waals surface area contributed by atoms with Crippen LogP contribution in [0.5, 0.6) is 0 Å². The number of esters is 1. The lowest BCUT2D eigenvalue weighted by atomic mass is 10.2. The lowest BCUT2D eigenvalue weighted by Crippen LogP contribution is -2.13. The maximum atomic E-state index is 11.9. The van der Waals surface area contributed by atoms with Crippen LogP contribution in [0.3, 0.4) is 0 Å². The van der Waals surface area contributed by atoms with E-state index in [2.05, 4.69) is 0 Å². The molecule has 22 heavy (non-hydrogen) atoms. The summed E-state index contributed by atoms with van der Waals surface area (Å²) in [5.41, 5.74) is 0.984. The summed E-state index contributed by atoms with van der Waals surface area (Å²) in [4.78, 5) is 11.1. The van der Waals surface area contributed by atoms with E-state index in [-0.39, 0.29) is 18.1 Å². The molecule has 0 N–H and O–H groups in total. The van der Waals surface area contributed by atoms with Gasteiger partial charge in [-0.1, -0.05) is 17.7 Å². The summed E-state index contributed by atoms with van der Waals surface area (Å²) < 4.78 is 38.5. The van der Waals surface area contributed by atoms with Crippen LogP contribution in [0.4, 0.5) is 0 Å². The van der Waals surface area contributed by atoms with Gasteiger partial charge in [-0.3, -0.25) is 4.18 Å². The number of benzene rings is 1. The average Bonchev–Trinajstić information content (AvgIpc) is 2.47. The van der Waals surface area contributed by atoms with Crippen LogP contribution in [0.1, 0.15) is 25.3 Å². The summed E-state index contributed by atoms with van der Waals surface area (Å²) in [5.74, 6) is -0.402. The Morgan fingerprint density at radius 3 is 2.36 bits per heavy atom. The van der Waals surface area contributed by atoms with Gasteiger partial charge < -0.3 is 9.47 Å². The van der Waals surface area contributed by atoms with Gasteiger partial charge in [0.15, 0.2) is 0 Å². The van der Waals surface area contributed by atoms with Crippen LogP contribution in [0.2, 0.25) is 0 Å². The third-order valence-corrected chi connectivity index (χ3v) is 4.08. The highest BCUT2D eigenvalue weighted by Gasteiger charge is 2.14. The first kappa shape index (κ1) is 18.6. The van der Waals surface area contributed by atoms with Crippen LogP contribution < -0.4 is 0 Å². The highest BCUT2D eigenvalue weighted by molar-refractivity contribution is 7.86. The monoisotopic (exact) mass is 330 g/mol. The van der Waals surface area contributed by atoms with E-state index in [4.69, 9.17) is 13.7 Å². The second-order valence-corrected chi connectivity index (χ2v) is 6.27. The summed E-state index contributed by atoms with van der Waals surface area (Å²) in [5, 5.41) is 0. The van der Waals surface area contributed by atoms with E-state index in [1.165, 1.54) is 12.1 Å². The van der Waals surface area contributed by atoms with E-state index in [1.54, 1.807) is 19.1 Å². The van der Waals surface area contributed by atoms with Crippen LogP contribution in [0, 0.1) is 6.92 Å². The standard InChI is InChI=1S/C15H22O6S/c1-3-20-15(16)12-19-10-4-5-11-21-22(17,18)14-8-6-13(2)7-9-14/h6-9H,3-5,10-12H2,1-2H3. The minimum atomic E-state index is -3.71. The Labute approximate surface area is 131 Å². The third-order valence-electron chi connectivity index (χ3n) is 2.76. The molecule has 0 atom stereocenters. The zero-order valence-corrected chi connectivity index (χ0v) is 13.7. The van der Waals surface area contributed by atoms with Crippen LogP contribution in [0.25, 0.3) is 0 Å². The molecule has 1 aromatic carbocycles. The number of hydrogen-bond donors (Lipinski definition) is 0. The van der Waals surface area contributed by atoms with E-state index < -0.39 is 16.1 Å². The van der Waals surface area contributed by atoms with Crippen LogP contribution in [-0.2, 0) is 28.6 Å². The van der Waals surface area contributed by atoms with E-state index in [0.717, 1.165) is 5.56 Å². The molecule has 0 aliphatic rings. The largest absolute Gasteiger partial charge is 0.464 e. The fraction of sp³-hybridized carbons (Fsp3) is 0.533. The molecular weight excluding hydrogens is 308 g/mol. The molecule has 0 fully saturated rings. The zero-order valence-electron chi connectivity index (χ0n) is 12.9. The Morgan fingerprint density at radius 1 is 1.09 bits per heavy atom. The number of ether oxygens (including phenoxy) is 2. The van der Waals surface area contributed by atoms with Gasteiger partial charge in [0, 0.05) is 6.61 Å². The fourth-order valence-corrected chi connectivity index (χ4v) is 2.55. The van der Waals surface area contributed by atoms with E-state index >= 15 is 0 Å². The molecule has 0 amide bonds. The first-order valence-electron chi connectivity index (χ1n) is 7.15. The Balaban J connectivity index is 2.18. The van der Waals surface area contributed by atoms with Crippen LogP contribution in [-0.4, -0.2) is 40.8 Å². The summed E-state index contributed by atoms with van der Waals surface area (Å²) in [6, 6.07) is 6.49. The molecule has 6 nitrogen and oxygen atoms in total. The first-order chi connectivity index (χ1) is 10.5. The smallest absolute Gasteiger partial charge is 0.332 e. The predicted octanol–water partition coefficient (Wildman–Crippen LogP) is 2.06. The van der Waals surface area contributed by atoms with Crippen molar-refractivity contribution < 1.29 is 26.9 Å². The van der Waals surface area contributed by atoms with Gasteiger partial charge in [0.25, 0.3) is 10.1 Å². The van der Waals surface area contributed by atoms with Crippen molar-refractivity contribution in [3.8, 4) is 0 Å². The molecule has 0 aliphatic carbocycles. The Morgan fingerprint density at radius 2 is 1.73 bits per heavy atom. The highest BCUT2D eigenvalue weighted by Crippen LogP contribution is 2.13. The normalized spacial score (nSPS) is 11.4. The maximum absolute atomic E-state index is 11.9. The van der Waals surface area contributed by atoms with E-state index in [0.29, 0.717) is 26.1 Å². The Hall–Kier alpha value is -1.44. The van der Waals surface area contributed by atoms with Crippen molar-refractivity contribution in [2.24, 2.45) is 0 Å². The molecule has 0 unspecified atom stereocenters. The van der Waals surface area contributed by atoms with E-state index in [1.807, 2.05) is 6.92 Å². The van der Waals surface area contributed by atoms with Crippen LogP contribution >= 0.6 is 0 Å². The Bertz CT molecular complexity index is 550. The lowest BCUT2D eigenvalue weighted by Gasteiger charge is -2.06. The molecule has 0 spiro atoms. The zero-order chi connectivity index (χ0) is 16.4. The predicted molar refractivity (Wildman–Crippen MR) is 81.0 cm³/mol. The lowest BCUT2D eigenvalue weighted by molar-refractivity contribution is -0.148. The van der Waals surface area contributed by atoms with Gasteiger partial charge >= 0.3 is 5.97 Å². The van der Waals surface area contributed by atoms with Gasteiger partial charge in [-0.2, -0.15) is 8.42 Å². The number of carbonyl (C=O) groups is 1. The molecule has 0 saturated carbocycles. The minimum Gasteiger partial charge on any atom is -0.464 e. The van der Waals surface area contributed by atoms with Crippen molar-refractivity contribution in [2.45, 2.75) is 31.6 Å². The quantitative estimate of drug-likeness (QED) is 0.371. The van der Waals surface area contributed by atoms with Crippen molar-refractivity contribution >= 4 is 16.1 Å². The molecule has 1 rings (SSSR count). The molecule has 0 bridgehead atoms. The molecule has 0 aliphatic heterocycles. The Kier molecular flexibility index (Phi) is 8.08. The second kappa shape index (κ2) is 9.55. The van der Waals surface area contributed by atoms with Crippen molar-refractivity contribution in [3.63, 3.8) is 0 Å². The first-order valence-corrected chi connectivity index (χ1v) is 8.56. The van der Waals surface area contributed by atoms with Gasteiger partial charge in [0.2, 0.25) is 0 Å². The van der Waals surface area contributed by atoms with Crippen molar-refractivity contribution in [3.05, 3.63) is 29.8 Å². The maximum Gasteiger partial charge on any atom is 0.332 e. The fourth-order valence-electron chi connectivity index (χ4n) is 1.61. The van der Waals surface area contributed by atoms with Gasteiger partial charge in [-0.05, 0) is 38.8 Å². The van der Waals surface area contributed by atoms with Gasteiger partial charge in [-0.25, -0.2) is 4.79 Å². The topological polar surface area (TPSA) is 78.9 Å². The molecule has 7 heteroatoms. The SMILES string of the molecule is CCOC(=O)COCCCCOS(=O)(=O)c1ccc(C)cc1. The molecule has 0 saturated heterocycles. The number of carbonyl (C=O) groups excluding carboxylic acids is 1.